The van der Waals surface area contributed by atoms with Crippen LogP contribution in [0.1, 0.15) is 48.0 Å². The lowest BCUT2D eigenvalue weighted by atomic mass is 9.88. The Morgan fingerprint density at radius 2 is 2.06 bits per heavy atom. The summed E-state index contributed by atoms with van der Waals surface area (Å²) in [5.74, 6) is 0.00822. The number of fused-ring (bicyclic) bond motifs is 1. The molecule has 0 bridgehead atoms. The SMILES string of the molecule is CCOC(=O)c1c(NC(=O)[C@H](C)[NH+]2CCN(S(=O)(=O)c3cccs3)CC2)sc2c1CC[C@H](C)C2. The predicted octanol–water partition coefficient (Wildman–Crippen LogP) is 2.03. The molecule has 1 fully saturated rings. The zero-order valence-electron chi connectivity index (χ0n) is 19.8. The average Bonchev–Trinajstić information content (AvgIpc) is 3.47. The Balaban J connectivity index is 1.44. The van der Waals surface area contributed by atoms with Crippen molar-refractivity contribution in [3.63, 3.8) is 0 Å². The minimum absolute atomic E-state index is 0.165. The largest absolute Gasteiger partial charge is 0.462 e. The number of rotatable bonds is 7. The first-order valence-corrected chi connectivity index (χ1v) is 14.9. The zero-order valence-corrected chi connectivity index (χ0v) is 22.2. The number of nitrogens with one attached hydrogen (secondary N) is 2. The van der Waals surface area contributed by atoms with E-state index in [-0.39, 0.29) is 24.5 Å². The second-order valence-electron chi connectivity index (χ2n) is 8.98. The van der Waals surface area contributed by atoms with Gasteiger partial charge in [0.2, 0.25) is 0 Å². The van der Waals surface area contributed by atoms with Crippen LogP contribution in [-0.2, 0) is 32.4 Å². The maximum Gasteiger partial charge on any atom is 0.341 e. The molecule has 2 aromatic heterocycles. The summed E-state index contributed by atoms with van der Waals surface area (Å²) >= 11 is 2.70. The number of carbonyl (C=O) groups is 2. The fourth-order valence-electron chi connectivity index (χ4n) is 4.65. The molecule has 186 valence electrons. The van der Waals surface area contributed by atoms with E-state index in [1.807, 2.05) is 6.92 Å². The lowest BCUT2D eigenvalue weighted by molar-refractivity contribution is -0.917. The highest BCUT2D eigenvalue weighted by atomic mass is 32.2. The topological polar surface area (TPSA) is 97.2 Å². The molecule has 4 rings (SSSR count). The number of sulfonamides is 1. The molecule has 2 aliphatic rings. The van der Waals surface area contributed by atoms with E-state index in [4.69, 9.17) is 4.74 Å². The molecule has 8 nitrogen and oxygen atoms in total. The quantitative estimate of drug-likeness (QED) is 0.538. The monoisotopic (exact) mass is 526 g/mol. The number of thiophene rings is 2. The van der Waals surface area contributed by atoms with Gasteiger partial charge < -0.3 is 15.0 Å². The van der Waals surface area contributed by atoms with E-state index < -0.39 is 10.0 Å². The van der Waals surface area contributed by atoms with Gasteiger partial charge in [-0.25, -0.2) is 13.2 Å². The number of ether oxygens (including phenoxy) is 1. The Labute approximate surface area is 208 Å². The molecule has 0 spiro atoms. The highest BCUT2D eigenvalue weighted by molar-refractivity contribution is 7.91. The van der Waals surface area contributed by atoms with Crippen LogP contribution in [0, 0.1) is 5.92 Å². The van der Waals surface area contributed by atoms with Gasteiger partial charge in [0.1, 0.15) is 9.21 Å². The number of carbonyl (C=O) groups excluding carboxylic acids is 2. The normalized spacial score (nSPS) is 20.5. The first-order chi connectivity index (χ1) is 16.2. The zero-order chi connectivity index (χ0) is 24.5. The first-order valence-electron chi connectivity index (χ1n) is 11.7. The van der Waals surface area contributed by atoms with Crippen LogP contribution in [0.25, 0.3) is 0 Å². The van der Waals surface area contributed by atoms with Crippen LogP contribution >= 0.6 is 22.7 Å². The van der Waals surface area contributed by atoms with Crippen molar-refractivity contribution in [2.75, 3.05) is 38.1 Å². The molecule has 3 heterocycles. The Kier molecular flexibility index (Phi) is 7.78. The Morgan fingerprint density at radius 1 is 1.32 bits per heavy atom. The third-order valence-corrected chi connectivity index (χ3v) is 11.1. The molecule has 0 saturated carbocycles. The number of esters is 1. The minimum atomic E-state index is -3.48. The molecule has 2 aromatic rings. The van der Waals surface area contributed by atoms with Gasteiger partial charge >= 0.3 is 5.97 Å². The predicted molar refractivity (Wildman–Crippen MR) is 133 cm³/mol. The van der Waals surface area contributed by atoms with Crippen LogP contribution in [0.3, 0.4) is 0 Å². The van der Waals surface area contributed by atoms with Crippen LogP contribution < -0.4 is 10.2 Å². The van der Waals surface area contributed by atoms with Crippen molar-refractivity contribution in [2.45, 2.75) is 50.3 Å². The summed E-state index contributed by atoms with van der Waals surface area (Å²) in [6.45, 7) is 7.94. The number of hydrogen-bond donors (Lipinski definition) is 2. The van der Waals surface area contributed by atoms with Crippen LogP contribution in [0.2, 0.25) is 0 Å². The van der Waals surface area contributed by atoms with Crippen LogP contribution in [0.4, 0.5) is 5.00 Å². The summed E-state index contributed by atoms with van der Waals surface area (Å²) in [6, 6.07) is 2.98. The van der Waals surface area contributed by atoms with Gasteiger partial charge in [0.15, 0.2) is 6.04 Å². The molecule has 2 atom stereocenters. The van der Waals surface area contributed by atoms with Gasteiger partial charge in [-0.2, -0.15) is 4.31 Å². The highest BCUT2D eigenvalue weighted by Gasteiger charge is 2.36. The smallest absolute Gasteiger partial charge is 0.341 e. The summed E-state index contributed by atoms with van der Waals surface area (Å²) in [6.07, 6.45) is 2.74. The van der Waals surface area contributed by atoms with Crippen molar-refractivity contribution >= 4 is 49.6 Å². The second kappa shape index (κ2) is 10.4. The fourth-order valence-corrected chi connectivity index (χ4v) is 8.64. The van der Waals surface area contributed by atoms with Gasteiger partial charge in [0.05, 0.1) is 38.3 Å². The lowest BCUT2D eigenvalue weighted by Gasteiger charge is -2.33. The Hall–Kier alpha value is -1.79. The molecular formula is C23H32N3O5S3+. The maximum absolute atomic E-state index is 13.2. The molecular weight excluding hydrogens is 494 g/mol. The Morgan fingerprint density at radius 3 is 2.71 bits per heavy atom. The van der Waals surface area contributed by atoms with E-state index in [0.29, 0.717) is 46.9 Å². The van der Waals surface area contributed by atoms with Gasteiger partial charge in [-0.3, -0.25) is 4.79 Å². The van der Waals surface area contributed by atoms with Gasteiger partial charge in [0.25, 0.3) is 15.9 Å². The molecule has 1 aliphatic carbocycles. The number of anilines is 1. The molecule has 11 heteroatoms. The van der Waals surface area contributed by atoms with Crippen molar-refractivity contribution in [3.8, 4) is 0 Å². The van der Waals surface area contributed by atoms with E-state index >= 15 is 0 Å². The molecule has 1 saturated heterocycles. The lowest BCUT2D eigenvalue weighted by Crippen LogP contribution is -3.19. The molecule has 34 heavy (non-hydrogen) atoms. The van der Waals surface area contributed by atoms with E-state index in [1.165, 1.54) is 27.0 Å². The average molecular weight is 527 g/mol. The molecule has 0 aromatic carbocycles. The summed E-state index contributed by atoms with van der Waals surface area (Å²) in [4.78, 5) is 28.1. The standard InChI is InChI=1S/C23H31N3O5S3/c1-4-31-23(28)20-17-8-7-15(2)14-18(17)33-22(20)24-21(27)16(3)25-9-11-26(12-10-25)34(29,30)19-6-5-13-32-19/h5-6,13,15-16H,4,7-12,14H2,1-3H3,(H,24,27)/p+1/t15-,16-/m0/s1. The molecule has 0 unspecified atom stereocenters. The minimum Gasteiger partial charge on any atom is -0.462 e. The van der Waals surface area contributed by atoms with E-state index in [9.17, 15) is 18.0 Å². The highest BCUT2D eigenvalue weighted by Crippen LogP contribution is 2.40. The summed E-state index contributed by atoms with van der Waals surface area (Å²) in [5.41, 5.74) is 1.53. The van der Waals surface area contributed by atoms with E-state index in [1.54, 1.807) is 24.4 Å². The maximum atomic E-state index is 13.2. The Bertz CT molecular complexity index is 1140. The van der Waals surface area contributed by atoms with Gasteiger partial charge in [0, 0.05) is 4.88 Å². The molecule has 0 radical (unpaired) electrons. The van der Waals surface area contributed by atoms with Gasteiger partial charge in [-0.1, -0.05) is 13.0 Å². The van der Waals surface area contributed by atoms with Crippen LogP contribution in [0.5, 0.6) is 0 Å². The molecule has 2 N–H and O–H groups in total. The van der Waals surface area contributed by atoms with Crippen molar-refractivity contribution in [2.24, 2.45) is 5.92 Å². The van der Waals surface area contributed by atoms with Gasteiger partial charge in [-0.05, 0) is 56.0 Å². The van der Waals surface area contributed by atoms with Crippen molar-refractivity contribution in [1.82, 2.24) is 4.31 Å². The second-order valence-corrected chi connectivity index (χ2v) is 13.2. The number of hydrogen-bond acceptors (Lipinski definition) is 7. The third kappa shape index (κ3) is 5.08. The molecule has 1 amide bonds. The number of nitrogens with zero attached hydrogens (tertiary/aromatic N) is 1. The van der Waals surface area contributed by atoms with E-state index in [0.717, 1.165) is 34.6 Å². The van der Waals surface area contributed by atoms with E-state index in [2.05, 4.69) is 12.2 Å². The van der Waals surface area contributed by atoms with Crippen molar-refractivity contribution < 1.29 is 27.6 Å². The van der Waals surface area contributed by atoms with Gasteiger partial charge in [-0.15, -0.1) is 22.7 Å². The summed E-state index contributed by atoms with van der Waals surface area (Å²) in [7, 11) is -3.48. The van der Waals surface area contributed by atoms with Crippen molar-refractivity contribution in [3.05, 3.63) is 33.5 Å². The van der Waals surface area contributed by atoms with Crippen LogP contribution in [-0.4, -0.2) is 63.4 Å². The van der Waals surface area contributed by atoms with Crippen molar-refractivity contribution in [1.29, 1.82) is 0 Å². The number of quaternary nitrogens is 1. The third-order valence-electron chi connectivity index (χ3n) is 6.69. The number of piperazine rings is 1. The summed E-state index contributed by atoms with van der Waals surface area (Å²) < 4.78 is 32.7. The molecule has 1 aliphatic heterocycles. The first kappa shape index (κ1) is 25.3. The number of amides is 1. The summed E-state index contributed by atoms with van der Waals surface area (Å²) in [5, 5.41) is 5.35. The van der Waals surface area contributed by atoms with Crippen LogP contribution in [0.15, 0.2) is 21.7 Å². The fraction of sp³-hybridized carbons (Fsp3) is 0.565.